The SMILES string of the molecule is N[C@H](CNC(=O)c1nc(Nc2n[nH]c3ccccc23)c2cc(Cl)ccc2n1)c1ccccc1. The molecule has 0 fully saturated rings. The number of nitrogens with one attached hydrogen (secondary N) is 3. The predicted molar refractivity (Wildman–Crippen MR) is 130 cm³/mol. The molecule has 2 heterocycles. The smallest absolute Gasteiger partial charge is 0.289 e. The van der Waals surface area contributed by atoms with Gasteiger partial charge in [-0.3, -0.25) is 9.89 Å². The highest BCUT2D eigenvalue weighted by Gasteiger charge is 2.17. The molecule has 5 rings (SSSR count). The van der Waals surface area contributed by atoms with Crippen LogP contribution in [0.4, 0.5) is 11.6 Å². The van der Waals surface area contributed by atoms with Crippen molar-refractivity contribution in [3.63, 3.8) is 0 Å². The minimum atomic E-state index is -0.423. The van der Waals surface area contributed by atoms with Crippen molar-refractivity contribution < 1.29 is 4.79 Å². The maximum absolute atomic E-state index is 12.9. The molecule has 0 aliphatic rings. The maximum atomic E-state index is 12.9. The van der Waals surface area contributed by atoms with Crippen LogP contribution in [0.5, 0.6) is 0 Å². The van der Waals surface area contributed by atoms with Crippen LogP contribution in [0.15, 0.2) is 72.8 Å². The van der Waals surface area contributed by atoms with Crippen LogP contribution in [-0.4, -0.2) is 32.6 Å². The molecule has 9 heteroatoms. The second kappa shape index (κ2) is 8.85. The van der Waals surface area contributed by atoms with E-state index in [-0.39, 0.29) is 18.4 Å². The zero-order chi connectivity index (χ0) is 22.8. The van der Waals surface area contributed by atoms with Gasteiger partial charge in [0.2, 0.25) is 5.82 Å². The number of carbonyl (C=O) groups is 1. The molecule has 0 spiro atoms. The molecule has 5 aromatic rings. The molecule has 0 saturated heterocycles. The number of rotatable bonds is 6. The molecule has 0 unspecified atom stereocenters. The Kier molecular flexibility index (Phi) is 5.60. The fourth-order valence-corrected chi connectivity index (χ4v) is 3.74. The Balaban J connectivity index is 1.46. The van der Waals surface area contributed by atoms with Gasteiger partial charge in [-0.25, -0.2) is 9.97 Å². The lowest BCUT2D eigenvalue weighted by molar-refractivity contribution is 0.0941. The first-order chi connectivity index (χ1) is 16.1. The van der Waals surface area contributed by atoms with Crippen molar-refractivity contribution in [1.82, 2.24) is 25.5 Å². The van der Waals surface area contributed by atoms with E-state index in [0.29, 0.717) is 27.6 Å². The Bertz CT molecular complexity index is 1450. The number of nitrogens with zero attached hydrogens (tertiary/aromatic N) is 3. The molecule has 1 atom stereocenters. The number of anilines is 2. The Morgan fingerprint density at radius 2 is 1.76 bits per heavy atom. The molecule has 2 aromatic heterocycles. The number of para-hydroxylation sites is 1. The van der Waals surface area contributed by atoms with Crippen molar-refractivity contribution in [2.75, 3.05) is 11.9 Å². The van der Waals surface area contributed by atoms with Gasteiger partial charge in [-0.2, -0.15) is 5.10 Å². The van der Waals surface area contributed by atoms with Crippen LogP contribution in [0.1, 0.15) is 22.2 Å². The number of amides is 1. The van der Waals surface area contributed by atoms with Gasteiger partial charge in [-0.1, -0.05) is 54.1 Å². The van der Waals surface area contributed by atoms with Crippen LogP contribution in [0.3, 0.4) is 0 Å². The number of hydrogen-bond donors (Lipinski definition) is 4. The third-order valence-electron chi connectivity index (χ3n) is 5.28. The summed E-state index contributed by atoms with van der Waals surface area (Å²) in [6.45, 7) is 0.248. The third-order valence-corrected chi connectivity index (χ3v) is 5.51. The zero-order valence-electron chi connectivity index (χ0n) is 17.4. The first-order valence-corrected chi connectivity index (χ1v) is 10.7. The first-order valence-electron chi connectivity index (χ1n) is 10.3. The highest BCUT2D eigenvalue weighted by molar-refractivity contribution is 6.31. The number of nitrogens with two attached hydrogens (primary N) is 1. The summed E-state index contributed by atoms with van der Waals surface area (Å²) in [6.07, 6.45) is 0. The molecule has 33 heavy (non-hydrogen) atoms. The van der Waals surface area contributed by atoms with E-state index in [2.05, 4.69) is 30.8 Å². The van der Waals surface area contributed by atoms with Gasteiger partial charge in [0, 0.05) is 28.4 Å². The molecule has 3 aromatic carbocycles. The van der Waals surface area contributed by atoms with E-state index < -0.39 is 5.91 Å². The molecule has 0 saturated carbocycles. The maximum Gasteiger partial charge on any atom is 0.289 e. The van der Waals surface area contributed by atoms with Crippen molar-refractivity contribution >= 4 is 50.9 Å². The van der Waals surface area contributed by atoms with E-state index in [1.807, 2.05) is 54.6 Å². The summed E-state index contributed by atoms with van der Waals surface area (Å²) in [5.74, 6) is 0.612. The Labute approximate surface area is 194 Å². The number of halogens is 1. The Hall–Kier alpha value is -4.01. The topological polar surface area (TPSA) is 122 Å². The average Bonchev–Trinajstić information content (AvgIpc) is 3.25. The number of fused-ring (bicyclic) bond motifs is 2. The monoisotopic (exact) mass is 457 g/mol. The quantitative estimate of drug-likeness (QED) is 0.301. The molecule has 1 amide bonds. The number of aromatic nitrogens is 4. The first kappa shape index (κ1) is 20.9. The van der Waals surface area contributed by atoms with Crippen LogP contribution < -0.4 is 16.4 Å². The number of benzene rings is 3. The van der Waals surface area contributed by atoms with E-state index in [4.69, 9.17) is 17.3 Å². The van der Waals surface area contributed by atoms with Crippen molar-refractivity contribution in [3.05, 3.63) is 89.2 Å². The van der Waals surface area contributed by atoms with Crippen molar-refractivity contribution in [3.8, 4) is 0 Å². The lowest BCUT2D eigenvalue weighted by Gasteiger charge is -2.14. The summed E-state index contributed by atoms with van der Waals surface area (Å²) in [5, 5.41) is 15.5. The summed E-state index contributed by atoms with van der Waals surface area (Å²) >= 11 is 6.21. The fourth-order valence-electron chi connectivity index (χ4n) is 3.57. The van der Waals surface area contributed by atoms with Crippen molar-refractivity contribution in [2.45, 2.75) is 6.04 Å². The summed E-state index contributed by atoms with van der Waals surface area (Å²) in [7, 11) is 0. The minimum Gasteiger partial charge on any atom is -0.347 e. The van der Waals surface area contributed by atoms with Crippen LogP contribution in [0.2, 0.25) is 5.02 Å². The fraction of sp³-hybridized carbons (Fsp3) is 0.0833. The van der Waals surface area contributed by atoms with Crippen LogP contribution in [0.25, 0.3) is 21.8 Å². The molecule has 0 bridgehead atoms. The largest absolute Gasteiger partial charge is 0.347 e. The zero-order valence-corrected chi connectivity index (χ0v) is 18.2. The summed E-state index contributed by atoms with van der Waals surface area (Å²) in [4.78, 5) is 21.8. The average molecular weight is 458 g/mol. The minimum absolute atomic E-state index is 0.0208. The van der Waals surface area contributed by atoms with Gasteiger partial charge < -0.3 is 16.4 Å². The molecule has 8 nitrogen and oxygen atoms in total. The molecule has 0 aliphatic carbocycles. The van der Waals surface area contributed by atoms with Crippen LogP contribution in [-0.2, 0) is 0 Å². The highest BCUT2D eigenvalue weighted by atomic mass is 35.5. The van der Waals surface area contributed by atoms with Gasteiger partial charge >= 0.3 is 0 Å². The highest BCUT2D eigenvalue weighted by Crippen LogP contribution is 2.29. The molecule has 0 aliphatic heterocycles. The van der Waals surface area contributed by atoms with Gasteiger partial charge in [-0.05, 0) is 35.9 Å². The lowest BCUT2D eigenvalue weighted by atomic mass is 10.1. The van der Waals surface area contributed by atoms with E-state index in [1.54, 1.807) is 18.2 Å². The summed E-state index contributed by atoms with van der Waals surface area (Å²) < 4.78 is 0. The van der Waals surface area contributed by atoms with E-state index in [1.165, 1.54) is 0 Å². The molecule has 0 radical (unpaired) electrons. The molecule has 5 N–H and O–H groups in total. The summed E-state index contributed by atoms with van der Waals surface area (Å²) in [6, 6.07) is 22.2. The molecule has 164 valence electrons. The van der Waals surface area contributed by atoms with Gasteiger partial charge in [0.15, 0.2) is 5.82 Å². The summed E-state index contributed by atoms with van der Waals surface area (Å²) in [5.41, 5.74) is 8.59. The van der Waals surface area contributed by atoms with E-state index in [0.717, 1.165) is 16.5 Å². The molecular formula is C24H20ClN7O. The van der Waals surface area contributed by atoms with Gasteiger partial charge in [0.05, 0.1) is 11.0 Å². The standard InChI is InChI=1S/C24H20ClN7O/c25-15-10-11-19-17(12-15)21(29-22-16-8-4-5-9-20(16)31-32-22)30-23(28-19)24(33)27-13-18(26)14-6-2-1-3-7-14/h1-12,18H,13,26H2,(H,27,33)(H2,28,29,30,31,32)/t18-/m1/s1. The Morgan fingerprint density at radius 1 is 0.970 bits per heavy atom. The predicted octanol–water partition coefficient (Wildman–Crippen LogP) is 4.33. The number of aromatic amines is 1. The number of H-pyrrole nitrogens is 1. The van der Waals surface area contributed by atoms with Crippen molar-refractivity contribution in [1.29, 1.82) is 0 Å². The van der Waals surface area contributed by atoms with E-state index >= 15 is 0 Å². The van der Waals surface area contributed by atoms with Crippen molar-refractivity contribution in [2.24, 2.45) is 5.73 Å². The second-order valence-electron chi connectivity index (χ2n) is 7.53. The third kappa shape index (κ3) is 4.34. The lowest BCUT2D eigenvalue weighted by Crippen LogP contribution is -2.33. The van der Waals surface area contributed by atoms with Crippen LogP contribution in [0, 0.1) is 0 Å². The van der Waals surface area contributed by atoms with E-state index in [9.17, 15) is 4.79 Å². The number of hydrogen-bond acceptors (Lipinski definition) is 6. The van der Waals surface area contributed by atoms with Gasteiger partial charge in [0.25, 0.3) is 5.91 Å². The second-order valence-corrected chi connectivity index (χ2v) is 7.96. The Morgan fingerprint density at radius 3 is 2.61 bits per heavy atom. The van der Waals surface area contributed by atoms with Gasteiger partial charge in [0.1, 0.15) is 5.82 Å². The van der Waals surface area contributed by atoms with Crippen LogP contribution >= 0.6 is 11.6 Å². The normalized spacial score (nSPS) is 12.1. The molecular weight excluding hydrogens is 438 g/mol. The number of carbonyl (C=O) groups excluding carboxylic acids is 1. The van der Waals surface area contributed by atoms with Gasteiger partial charge in [-0.15, -0.1) is 0 Å².